The molecule has 0 N–H and O–H groups in total. The number of hydrogen-bond donors (Lipinski definition) is 0. The van der Waals surface area contributed by atoms with Gasteiger partial charge in [-0.15, -0.1) is 0 Å². The molecule has 1 amide bonds. The molecule has 8 heteroatoms. The highest BCUT2D eigenvalue weighted by atomic mass is 19.4. The van der Waals surface area contributed by atoms with Crippen LogP contribution in [0.15, 0.2) is 18.3 Å². The van der Waals surface area contributed by atoms with Crippen molar-refractivity contribution in [2.45, 2.75) is 64.0 Å². The number of rotatable bonds is 2. The Morgan fingerprint density at radius 3 is 2.50 bits per heavy atom. The van der Waals surface area contributed by atoms with E-state index in [0.29, 0.717) is 12.5 Å². The first-order chi connectivity index (χ1) is 12.0. The molecule has 4 rings (SSSR count). The second kappa shape index (κ2) is 6.63. The van der Waals surface area contributed by atoms with Gasteiger partial charge in [0, 0.05) is 18.8 Å². The number of fused-ring (bicyclic) bond motifs is 3. The minimum Gasteiger partial charge on any atom is -0.472 e. The molecule has 3 fully saturated rings. The van der Waals surface area contributed by atoms with E-state index in [1.807, 2.05) is 20.8 Å². The Balaban J connectivity index is 1.70. The summed E-state index contributed by atoms with van der Waals surface area (Å²) >= 11 is 0. The largest absolute Gasteiger partial charge is 0.472 e. The minimum absolute atomic E-state index is 0.139. The van der Waals surface area contributed by atoms with Gasteiger partial charge in [0.05, 0.1) is 11.6 Å². The molecule has 1 saturated carbocycles. The van der Waals surface area contributed by atoms with Gasteiger partial charge in [0.25, 0.3) is 0 Å². The predicted octanol–water partition coefficient (Wildman–Crippen LogP) is 4.27. The Kier molecular flexibility index (Phi) is 4.79. The van der Waals surface area contributed by atoms with Gasteiger partial charge < -0.3 is 14.4 Å². The first kappa shape index (κ1) is 18.8. The summed E-state index contributed by atoms with van der Waals surface area (Å²) < 4.78 is 49.2. The van der Waals surface area contributed by atoms with E-state index in [0.717, 1.165) is 31.5 Å². The van der Waals surface area contributed by atoms with Crippen molar-refractivity contribution in [3.8, 4) is 5.88 Å². The van der Waals surface area contributed by atoms with E-state index >= 15 is 0 Å². The maximum absolute atomic E-state index is 12.6. The van der Waals surface area contributed by atoms with Gasteiger partial charge in [-0.25, -0.2) is 9.78 Å². The zero-order chi connectivity index (χ0) is 19.1. The number of hydrogen-bond acceptors (Lipinski definition) is 4. The van der Waals surface area contributed by atoms with Crippen molar-refractivity contribution in [2.75, 3.05) is 6.54 Å². The molecule has 1 aromatic rings. The van der Waals surface area contributed by atoms with E-state index in [9.17, 15) is 18.0 Å². The van der Waals surface area contributed by atoms with E-state index in [1.54, 1.807) is 4.90 Å². The maximum atomic E-state index is 12.6. The fraction of sp³-hybridized carbons (Fsp3) is 0.667. The Morgan fingerprint density at radius 2 is 1.96 bits per heavy atom. The van der Waals surface area contributed by atoms with Crippen LogP contribution in [0.4, 0.5) is 18.0 Å². The van der Waals surface area contributed by atoms with Crippen LogP contribution in [0.2, 0.25) is 0 Å². The summed E-state index contributed by atoms with van der Waals surface area (Å²) in [6.45, 7) is 6.06. The average Bonchev–Trinajstić information content (AvgIpc) is 2.53. The van der Waals surface area contributed by atoms with Gasteiger partial charge in [-0.05, 0) is 52.0 Å². The van der Waals surface area contributed by atoms with Crippen molar-refractivity contribution < 1.29 is 27.4 Å². The van der Waals surface area contributed by atoms with Crippen molar-refractivity contribution in [2.24, 2.45) is 5.92 Å². The number of halogens is 3. The Labute approximate surface area is 150 Å². The predicted molar refractivity (Wildman–Crippen MR) is 87.7 cm³/mol. The molecule has 3 unspecified atom stereocenters. The third-order valence-corrected chi connectivity index (χ3v) is 4.68. The fourth-order valence-corrected chi connectivity index (χ4v) is 3.56. The molecule has 26 heavy (non-hydrogen) atoms. The third kappa shape index (κ3) is 4.22. The molecule has 1 aromatic heterocycles. The molecule has 144 valence electrons. The van der Waals surface area contributed by atoms with Crippen LogP contribution in [0.3, 0.4) is 0 Å². The first-order valence-electron chi connectivity index (χ1n) is 8.72. The molecule has 1 aliphatic carbocycles. The SMILES string of the molecule is CC(C)(C)OC(=O)N1CC2CCC1C(Oc1ccc(C(F)(F)F)cn1)C2. The van der Waals surface area contributed by atoms with Gasteiger partial charge in [0.2, 0.25) is 5.88 Å². The molecule has 3 atom stereocenters. The Bertz CT molecular complexity index is 655. The lowest BCUT2D eigenvalue weighted by molar-refractivity contribution is -0.137. The van der Waals surface area contributed by atoms with Crippen molar-refractivity contribution >= 4 is 6.09 Å². The minimum atomic E-state index is -4.43. The number of piperidine rings is 2. The van der Waals surface area contributed by atoms with Crippen LogP contribution in [0.25, 0.3) is 0 Å². The first-order valence-corrected chi connectivity index (χ1v) is 8.72. The van der Waals surface area contributed by atoms with Crippen molar-refractivity contribution in [3.63, 3.8) is 0 Å². The van der Waals surface area contributed by atoms with Crippen LogP contribution in [-0.2, 0) is 10.9 Å². The third-order valence-electron chi connectivity index (χ3n) is 4.68. The van der Waals surface area contributed by atoms with Gasteiger partial charge >= 0.3 is 12.3 Å². The van der Waals surface area contributed by atoms with E-state index in [-0.39, 0.29) is 24.1 Å². The van der Waals surface area contributed by atoms with Crippen LogP contribution < -0.4 is 4.74 Å². The molecule has 3 aliphatic rings. The lowest BCUT2D eigenvalue weighted by Crippen LogP contribution is -2.60. The summed E-state index contributed by atoms with van der Waals surface area (Å²) in [7, 11) is 0. The zero-order valence-electron chi connectivity index (χ0n) is 15.0. The summed E-state index contributed by atoms with van der Waals surface area (Å²) in [6, 6.07) is 2.02. The summed E-state index contributed by atoms with van der Waals surface area (Å²) in [6.07, 6.45) is -1.78. The smallest absolute Gasteiger partial charge is 0.417 e. The van der Waals surface area contributed by atoms with E-state index in [2.05, 4.69) is 4.98 Å². The van der Waals surface area contributed by atoms with E-state index < -0.39 is 17.3 Å². The fourth-order valence-electron chi connectivity index (χ4n) is 3.56. The van der Waals surface area contributed by atoms with Crippen molar-refractivity contribution in [1.29, 1.82) is 0 Å². The monoisotopic (exact) mass is 372 g/mol. The molecular formula is C18H23F3N2O3. The summed E-state index contributed by atoms with van der Waals surface area (Å²) in [5.74, 6) is 0.437. The number of carbonyl (C=O) groups excluding carboxylic acids is 1. The number of pyridine rings is 1. The standard InChI is InChI=1S/C18H23F3N2O3/c1-17(2,3)26-16(24)23-10-11-4-6-13(23)14(8-11)25-15-7-5-12(9-22-15)18(19,20)21/h5,7,9,11,13-14H,4,6,8,10H2,1-3H3. The van der Waals surface area contributed by atoms with Gasteiger partial charge in [0.1, 0.15) is 11.7 Å². The number of aromatic nitrogens is 1. The second-order valence-corrected chi connectivity index (χ2v) is 7.92. The Hall–Kier alpha value is -1.99. The zero-order valence-corrected chi connectivity index (χ0v) is 15.0. The topological polar surface area (TPSA) is 51.7 Å². The van der Waals surface area contributed by atoms with Crippen LogP contribution in [-0.4, -0.2) is 40.3 Å². The molecule has 2 bridgehead atoms. The molecule has 0 radical (unpaired) electrons. The average molecular weight is 372 g/mol. The molecule has 5 nitrogen and oxygen atoms in total. The summed E-state index contributed by atoms with van der Waals surface area (Å²) in [5, 5.41) is 0. The highest BCUT2D eigenvalue weighted by molar-refractivity contribution is 5.69. The second-order valence-electron chi connectivity index (χ2n) is 7.92. The maximum Gasteiger partial charge on any atom is 0.417 e. The highest BCUT2D eigenvalue weighted by Gasteiger charge is 2.45. The summed E-state index contributed by atoms with van der Waals surface area (Å²) in [4.78, 5) is 17.9. The molecule has 2 aliphatic heterocycles. The van der Waals surface area contributed by atoms with Crippen LogP contribution in [0.1, 0.15) is 45.6 Å². The quantitative estimate of drug-likeness (QED) is 0.778. The molecule has 0 aromatic carbocycles. The van der Waals surface area contributed by atoms with E-state index in [4.69, 9.17) is 9.47 Å². The lowest BCUT2D eigenvalue weighted by atomic mass is 9.78. The molecule has 3 heterocycles. The number of carbonyl (C=O) groups is 1. The van der Waals surface area contributed by atoms with Gasteiger partial charge in [-0.3, -0.25) is 0 Å². The molecule has 0 spiro atoms. The lowest BCUT2D eigenvalue weighted by Gasteiger charge is -2.49. The molecular weight excluding hydrogens is 349 g/mol. The van der Waals surface area contributed by atoms with Crippen molar-refractivity contribution in [3.05, 3.63) is 23.9 Å². The Morgan fingerprint density at radius 1 is 1.23 bits per heavy atom. The van der Waals surface area contributed by atoms with Gasteiger partial charge in [-0.2, -0.15) is 13.2 Å². The molecule has 2 saturated heterocycles. The van der Waals surface area contributed by atoms with Crippen LogP contribution in [0, 0.1) is 5.92 Å². The normalized spacial score (nSPS) is 25.9. The van der Waals surface area contributed by atoms with Gasteiger partial charge in [-0.1, -0.05) is 0 Å². The number of alkyl halides is 3. The number of ether oxygens (including phenoxy) is 2. The highest BCUT2D eigenvalue weighted by Crippen LogP contribution is 2.38. The number of nitrogens with zero attached hydrogens (tertiary/aromatic N) is 2. The van der Waals surface area contributed by atoms with E-state index in [1.165, 1.54) is 6.07 Å². The van der Waals surface area contributed by atoms with Crippen LogP contribution in [0.5, 0.6) is 5.88 Å². The van der Waals surface area contributed by atoms with Crippen LogP contribution >= 0.6 is 0 Å². The summed E-state index contributed by atoms with van der Waals surface area (Å²) in [5.41, 5.74) is -1.40. The number of amides is 1. The van der Waals surface area contributed by atoms with Gasteiger partial charge in [0.15, 0.2) is 0 Å². The van der Waals surface area contributed by atoms with Crippen molar-refractivity contribution in [1.82, 2.24) is 9.88 Å².